The molecule has 9 heteroatoms. The molecule has 1 aromatic heterocycles. The van der Waals surface area contributed by atoms with Crippen molar-refractivity contribution in [1.82, 2.24) is 15.5 Å². The summed E-state index contributed by atoms with van der Waals surface area (Å²) < 4.78 is 29.7. The van der Waals surface area contributed by atoms with Crippen molar-refractivity contribution in [3.8, 4) is 39.4 Å². The van der Waals surface area contributed by atoms with Gasteiger partial charge < -0.3 is 15.2 Å². The van der Waals surface area contributed by atoms with Gasteiger partial charge in [0, 0.05) is 28.8 Å². The lowest BCUT2D eigenvalue weighted by Crippen LogP contribution is -2.25. The van der Waals surface area contributed by atoms with E-state index in [1.54, 1.807) is 36.4 Å². The molecule has 7 nitrogen and oxygen atoms in total. The van der Waals surface area contributed by atoms with E-state index in [4.69, 9.17) is 5.11 Å². The number of ether oxygens (including phenoxy) is 1. The molecule has 1 aliphatic carbocycles. The van der Waals surface area contributed by atoms with Crippen LogP contribution in [0.3, 0.4) is 0 Å². The van der Waals surface area contributed by atoms with Crippen molar-refractivity contribution in [2.45, 2.75) is 51.1 Å². The highest BCUT2D eigenvalue weighted by atomic mass is 19.3. The molecule has 0 bridgehead atoms. The molecule has 0 unspecified atom stereocenters. The van der Waals surface area contributed by atoms with Crippen LogP contribution in [0.4, 0.5) is 8.78 Å². The number of alkyl halides is 2. The van der Waals surface area contributed by atoms with Gasteiger partial charge in [0.2, 0.25) is 0 Å². The summed E-state index contributed by atoms with van der Waals surface area (Å²) in [6, 6.07) is 23.6. The number of hydrogen-bond acceptors (Lipinski definition) is 5. The van der Waals surface area contributed by atoms with Crippen LogP contribution in [0.5, 0.6) is 5.75 Å². The van der Waals surface area contributed by atoms with Gasteiger partial charge in [-0.2, -0.15) is 8.78 Å². The number of amides is 1. The maximum Gasteiger partial charge on any atom is 0.387 e. The molecule has 4 aromatic rings. The fourth-order valence-electron chi connectivity index (χ4n) is 5.31. The molecule has 5 rings (SSSR count). The molecular formula is C33H31F2N3O4. The second-order valence-corrected chi connectivity index (χ2v) is 10.3. The molecule has 3 aromatic carbocycles. The van der Waals surface area contributed by atoms with Crippen LogP contribution >= 0.6 is 0 Å². The van der Waals surface area contributed by atoms with E-state index in [1.165, 1.54) is 49.8 Å². The smallest absolute Gasteiger partial charge is 0.387 e. The Hall–Kier alpha value is -4.66. The van der Waals surface area contributed by atoms with E-state index in [2.05, 4.69) is 44.5 Å². The summed E-state index contributed by atoms with van der Waals surface area (Å²) in [7, 11) is 0. The molecule has 1 heterocycles. The van der Waals surface area contributed by atoms with Crippen molar-refractivity contribution in [3.05, 3.63) is 90.0 Å². The number of carbonyl (C=O) groups is 2. The molecule has 216 valence electrons. The van der Waals surface area contributed by atoms with Gasteiger partial charge in [0.15, 0.2) is 0 Å². The highest BCUT2D eigenvalue weighted by Crippen LogP contribution is 2.36. The Morgan fingerprint density at radius 3 is 2.14 bits per heavy atom. The minimum Gasteiger partial charge on any atom is -0.481 e. The van der Waals surface area contributed by atoms with Crippen molar-refractivity contribution in [1.29, 1.82) is 0 Å². The Balaban J connectivity index is 1.47. The van der Waals surface area contributed by atoms with E-state index < -0.39 is 12.6 Å². The van der Waals surface area contributed by atoms with Gasteiger partial charge in [0.1, 0.15) is 11.4 Å². The fourth-order valence-corrected chi connectivity index (χ4v) is 5.31. The topological polar surface area (TPSA) is 101 Å². The molecule has 1 fully saturated rings. The van der Waals surface area contributed by atoms with Crippen molar-refractivity contribution in [3.63, 3.8) is 0 Å². The van der Waals surface area contributed by atoms with Gasteiger partial charge in [-0.25, -0.2) is 0 Å². The number of carboxylic acid groups (broad SMARTS) is 1. The lowest BCUT2D eigenvalue weighted by molar-refractivity contribution is -0.136. The number of nitrogens with one attached hydrogen (secondary N) is 1. The first kappa shape index (κ1) is 28.9. The monoisotopic (exact) mass is 571 g/mol. The average molecular weight is 572 g/mol. The van der Waals surface area contributed by atoms with E-state index in [9.17, 15) is 18.4 Å². The predicted molar refractivity (Wildman–Crippen MR) is 155 cm³/mol. The van der Waals surface area contributed by atoms with E-state index >= 15 is 0 Å². The molecular weight excluding hydrogens is 540 g/mol. The van der Waals surface area contributed by atoms with Crippen LogP contribution in [0.2, 0.25) is 0 Å². The van der Waals surface area contributed by atoms with Gasteiger partial charge in [-0.1, -0.05) is 55.7 Å². The molecule has 0 saturated heterocycles. The van der Waals surface area contributed by atoms with Crippen LogP contribution in [0.15, 0.2) is 78.9 Å². The second-order valence-electron chi connectivity index (χ2n) is 10.3. The van der Waals surface area contributed by atoms with Crippen LogP contribution in [0.1, 0.15) is 60.4 Å². The largest absolute Gasteiger partial charge is 0.481 e. The zero-order valence-electron chi connectivity index (χ0n) is 22.9. The lowest BCUT2D eigenvalue weighted by Gasteiger charge is -2.22. The number of aromatic nitrogens is 2. The summed E-state index contributed by atoms with van der Waals surface area (Å²) in [6.45, 7) is -2.86. The third-order valence-corrected chi connectivity index (χ3v) is 7.51. The number of carboxylic acids is 1. The number of rotatable bonds is 10. The summed E-state index contributed by atoms with van der Waals surface area (Å²) in [5, 5.41) is 20.4. The standard InChI is InChI=1S/C33H31F2N3O4/c34-33(35)42-27-16-14-24(15-17-27)29-20-28(23-8-6-22(7-9-23)21-4-2-1-3-5-21)31(38-37-29)25-10-12-26(13-11-25)32(41)36-19-18-30(39)40/h6-17,20-21,33H,1-5,18-19H2,(H,36,41)(H,39,40). The maximum absolute atomic E-state index is 12.6. The van der Waals surface area contributed by atoms with Crippen molar-refractivity contribution in [2.24, 2.45) is 0 Å². The molecule has 0 atom stereocenters. The number of aliphatic carboxylic acids is 1. The second kappa shape index (κ2) is 13.3. The number of carbonyl (C=O) groups excluding carboxylic acids is 1. The van der Waals surface area contributed by atoms with Gasteiger partial charge in [-0.3, -0.25) is 9.59 Å². The number of benzene rings is 3. The highest BCUT2D eigenvalue weighted by molar-refractivity contribution is 5.95. The number of nitrogens with zero attached hydrogens (tertiary/aromatic N) is 2. The third kappa shape index (κ3) is 7.15. The number of halogens is 2. The van der Waals surface area contributed by atoms with Gasteiger partial charge in [0.25, 0.3) is 5.91 Å². The normalized spacial score (nSPS) is 13.6. The van der Waals surface area contributed by atoms with E-state index in [0.717, 1.165) is 16.7 Å². The summed E-state index contributed by atoms with van der Waals surface area (Å²) >= 11 is 0. The lowest BCUT2D eigenvalue weighted by atomic mass is 9.83. The van der Waals surface area contributed by atoms with Gasteiger partial charge in [-0.15, -0.1) is 10.2 Å². The molecule has 0 aliphatic heterocycles. The minimum absolute atomic E-state index is 0.0408. The molecule has 1 saturated carbocycles. The molecule has 0 radical (unpaired) electrons. The van der Waals surface area contributed by atoms with E-state index in [1.807, 2.05) is 6.07 Å². The molecule has 0 spiro atoms. The molecule has 1 amide bonds. The van der Waals surface area contributed by atoms with Crippen LogP contribution < -0.4 is 10.1 Å². The van der Waals surface area contributed by atoms with E-state index in [-0.39, 0.29) is 24.6 Å². The first-order valence-electron chi connectivity index (χ1n) is 14.0. The Kier molecular flexibility index (Phi) is 9.16. The first-order chi connectivity index (χ1) is 20.4. The Labute approximate surface area is 242 Å². The zero-order chi connectivity index (χ0) is 29.5. The molecule has 1 aliphatic rings. The number of hydrogen-bond donors (Lipinski definition) is 2. The fraction of sp³-hybridized carbons (Fsp3) is 0.273. The summed E-state index contributed by atoms with van der Waals surface area (Å²) in [6.07, 6.45) is 6.05. The Morgan fingerprint density at radius 2 is 1.50 bits per heavy atom. The third-order valence-electron chi connectivity index (χ3n) is 7.51. The zero-order valence-corrected chi connectivity index (χ0v) is 22.9. The quantitative estimate of drug-likeness (QED) is 0.207. The van der Waals surface area contributed by atoms with Crippen LogP contribution in [-0.4, -0.2) is 40.3 Å². The van der Waals surface area contributed by atoms with Crippen molar-refractivity contribution >= 4 is 11.9 Å². The van der Waals surface area contributed by atoms with Gasteiger partial charge in [0.05, 0.1) is 12.1 Å². The summed E-state index contributed by atoms with van der Waals surface area (Å²) in [5.74, 6) is -0.711. The molecule has 42 heavy (non-hydrogen) atoms. The SMILES string of the molecule is O=C(O)CCNC(=O)c1ccc(-c2nnc(-c3ccc(OC(F)F)cc3)cc2-c2ccc(C3CCCCC3)cc2)cc1. The van der Waals surface area contributed by atoms with Crippen LogP contribution in [-0.2, 0) is 4.79 Å². The van der Waals surface area contributed by atoms with Gasteiger partial charge in [-0.05, 0) is 72.4 Å². The van der Waals surface area contributed by atoms with Crippen molar-refractivity contribution < 1.29 is 28.2 Å². The summed E-state index contributed by atoms with van der Waals surface area (Å²) in [5.41, 5.74) is 6.17. The highest BCUT2D eigenvalue weighted by Gasteiger charge is 2.18. The molecule has 2 N–H and O–H groups in total. The van der Waals surface area contributed by atoms with Gasteiger partial charge >= 0.3 is 12.6 Å². The van der Waals surface area contributed by atoms with Crippen LogP contribution in [0.25, 0.3) is 33.6 Å². The minimum atomic E-state index is -2.90. The van der Waals surface area contributed by atoms with Crippen molar-refractivity contribution in [2.75, 3.05) is 6.54 Å². The first-order valence-corrected chi connectivity index (χ1v) is 14.0. The van der Waals surface area contributed by atoms with E-state index in [0.29, 0.717) is 28.4 Å². The maximum atomic E-state index is 12.6. The Morgan fingerprint density at radius 1 is 0.857 bits per heavy atom. The average Bonchev–Trinajstić information content (AvgIpc) is 3.01. The Bertz CT molecular complexity index is 1520. The summed E-state index contributed by atoms with van der Waals surface area (Å²) in [4.78, 5) is 23.2. The van der Waals surface area contributed by atoms with Crippen LogP contribution in [0, 0.1) is 0 Å². The predicted octanol–water partition coefficient (Wildman–Crippen LogP) is 7.33.